The summed E-state index contributed by atoms with van der Waals surface area (Å²) in [6.45, 7) is 3.90. The van der Waals surface area contributed by atoms with Gasteiger partial charge in [0, 0.05) is 31.6 Å². The van der Waals surface area contributed by atoms with Gasteiger partial charge in [-0.2, -0.15) is 0 Å². The molecule has 0 saturated heterocycles. The molecule has 1 unspecified atom stereocenters. The fourth-order valence-corrected chi connectivity index (χ4v) is 2.37. The molecule has 0 saturated carbocycles. The molecule has 3 nitrogen and oxygen atoms in total. The van der Waals surface area contributed by atoms with Crippen molar-refractivity contribution in [2.75, 3.05) is 19.7 Å². The SMILES string of the molecule is CC(=Cc1ccccc1)CNCC(CO)Cc1ccccn1. The molecule has 1 atom stereocenters. The molecule has 2 rings (SSSR count). The van der Waals surface area contributed by atoms with Gasteiger partial charge in [0.1, 0.15) is 0 Å². The lowest BCUT2D eigenvalue weighted by molar-refractivity contribution is 0.222. The first-order valence-electron chi connectivity index (χ1n) is 7.71. The molecule has 0 spiro atoms. The minimum absolute atomic E-state index is 0.172. The minimum Gasteiger partial charge on any atom is -0.396 e. The van der Waals surface area contributed by atoms with Gasteiger partial charge >= 0.3 is 0 Å². The third kappa shape index (κ3) is 5.80. The molecule has 0 radical (unpaired) electrons. The molecule has 3 heteroatoms. The summed E-state index contributed by atoms with van der Waals surface area (Å²) < 4.78 is 0. The van der Waals surface area contributed by atoms with E-state index in [1.807, 2.05) is 36.4 Å². The van der Waals surface area contributed by atoms with E-state index < -0.39 is 0 Å². The Kier molecular flexibility index (Phi) is 6.81. The summed E-state index contributed by atoms with van der Waals surface area (Å²) in [5, 5.41) is 12.9. The predicted octanol–water partition coefficient (Wildman–Crippen LogP) is 2.93. The van der Waals surface area contributed by atoms with Crippen molar-refractivity contribution in [3.8, 4) is 0 Å². The summed E-state index contributed by atoms with van der Waals surface area (Å²) in [6.07, 6.45) is 4.77. The van der Waals surface area contributed by atoms with Gasteiger partial charge < -0.3 is 10.4 Å². The van der Waals surface area contributed by atoms with Crippen molar-refractivity contribution in [1.29, 1.82) is 0 Å². The largest absolute Gasteiger partial charge is 0.396 e. The Hall–Kier alpha value is -1.97. The first-order valence-corrected chi connectivity index (χ1v) is 7.71. The maximum Gasteiger partial charge on any atom is 0.0475 e. The van der Waals surface area contributed by atoms with Gasteiger partial charge in [0.05, 0.1) is 0 Å². The number of nitrogens with zero attached hydrogens (tertiary/aromatic N) is 1. The molecule has 1 heterocycles. The molecule has 1 aromatic heterocycles. The topological polar surface area (TPSA) is 45.1 Å². The predicted molar refractivity (Wildman–Crippen MR) is 91.5 cm³/mol. The van der Waals surface area contributed by atoms with Crippen molar-refractivity contribution in [2.45, 2.75) is 13.3 Å². The first-order chi connectivity index (χ1) is 10.8. The highest BCUT2D eigenvalue weighted by Gasteiger charge is 2.08. The van der Waals surface area contributed by atoms with E-state index in [-0.39, 0.29) is 12.5 Å². The lowest BCUT2D eigenvalue weighted by Crippen LogP contribution is -2.28. The molecule has 0 fully saturated rings. The van der Waals surface area contributed by atoms with Crippen molar-refractivity contribution >= 4 is 6.08 Å². The second-order valence-electron chi connectivity index (χ2n) is 5.61. The Labute approximate surface area is 132 Å². The molecular formula is C19H24N2O. The summed E-state index contributed by atoms with van der Waals surface area (Å²) in [7, 11) is 0. The van der Waals surface area contributed by atoms with Gasteiger partial charge in [0.25, 0.3) is 0 Å². The number of aromatic nitrogens is 1. The Morgan fingerprint density at radius 1 is 1.18 bits per heavy atom. The van der Waals surface area contributed by atoms with Crippen LogP contribution in [0, 0.1) is 5.92 Å². The number of nitrogens with one attached hydrogen (secondary N) is 1. The van der Waals surface area contributed by atoms with Crippen LogP contribution in [0.2, 0.25) is 0 Å². The van der Waals surface area contributed by atoms with Gasteiger partial charge in [0.15, 0.2) is 0 Å². The fourth-order valence-electron chi connectivity index (χ4n) is 2.37. The maximum atomic E-state index is 9.51. The van der Waals surface area contributed by atoms with Crippen LogP contribution in [0.1, 0.15) is 18.2 Å². The molecule has 2 aromatic rings. The Bertz CT molecular complexity index is 567. The van der Waals surface area contributed by atoms with Crippen molar-refractivity contribution in [1.82, 2.24) is 10.3 Å². The van der Waals surface area contributed by atoms with E-state index in [1.165, 1.54) is 11.1 Å². The van der Waals surface area contributed by atoms with E-state index in [9.17, 15) is 5.11 Å². The Morgan fingerprint density at radius 2 is 1.95 bits per heavy atom. The zero-order chi connectivity index (χ0) is 15.6. The van der Waals surface area contributed by atoms with Crippen molar-refractivity contribution in [3.05, 3.63) is 71.6 Å². The molecule has 0 aliphatic rings. The molecular weight excluding hydrogens is 272 g/mol. The highest BCUT2D eigenvalue weighted by molar-refractivity contribution is 5.52. The summed E-state index contributed by atoms with van der Waals surface area (Å²) >= 11 is 0. The number of rotatable bonds is 8. The van der Waals surface area contributed by atoms with E-state index in [0.29, 0.717) is 0 Å². The van der Waals surface area contributed by atoms with Gasteiger partial charge in [-0.1, -0.05) is 48.0 Å². The summed E-state index contributed by atoms with van der Waals surface area (Å²) in [6, 6.07) is 16.2. The third-order valence-corrected chi connectivity index (χ3v) is 3.53. The van der Waals surface area contributed by atoms with Crippen LogP contribution in [-0.2, 0) is 6.42 Å². The van der Waals surface area contributed by atoms with Crippen LogP contribution in [-0.4, -0.2) is 29.8 Å². The van der Waals surface area contributed by atoms with E-state index in [2.05, 4.69) is 35.4 Å². The Balaban J connectivity index is 1.77. The van der Waals surface area contributed by atoms with E-state index in [0.717, 1.165) is 25.2 Å². The van der Waals surface area contributed by atoms with Crippen LogP contribution in [0.4, 0.5) is 0 Å². The lowest BCUT2D eigenvalue weighted by Gasteiger charge is -2.15. The Morgan fingerprint density at radius 3 is 2.64 bits per heavy atom. The molecule has 0 aliphatic carbocycles. The minimum atomic E-state index is 0.172. The van der Waals surface area contributed by atoms with Crippen LogP contribution in [0.25, 0.3) is 6.08 Å². The molecule has 116 valence electrons. The number of pyridine rings is 1. The van der Waals surface area contributed by atoms with Gasteiger partial charge in [-0.3, -0.25) is 4.98 Å². The molecule has 0 aliphatic heterocycles. The zero-order valence-corrected chi connectivity index (χ0v) is 13.1. The summed E-state index contributed by atoms with van der Waals surface area (Å²) in [5.74, 6) is 0.194. The number of hydrogen-bond donors (Lipinski definition) is 2. The van der Waals surface area contributed by atoms with Crippen molar-refractivity contribution in [2.24, 2.45) is 5.92 Å². The fraction of sp³-hybridized carbons (Fsp3) is 0.316. The number of aliphatic hydroxyl groups excluding tert-OH is 1. The quantitative estimate of drug-likeness (QED) is 0.787. The first kappa shape index (κ1) is 16.4. The molecule has 0 bridgehead atoms. The van der Waals surface area contributed by atoms with Crippen molar-refractivity contribution < 1.29 is 5.11 Å². The van der Waals surface area contributed by atoms with Gasteiger partial charge in [-0.05, 0) is 37.0 Å². The van der Waals surface area contributed by atoms with Crippen LogP contribution < -0.4 is 5.32 Å². The van der Waals surface area contributed by atoms with Gasteiger partial charge in [-0.25, -0.2) is 0 Å². The monoisotopic (exact) mass is 296 g/mol. The molecule has 22 heavy (non-hydrogen) atoms. The maximum absolute atomic E-state index is 9.51. The summed E-state index contributed by atoms with van der Waals surface area (Å²) in [5.41, 5.74) is 3.52. The molecule has 2 N–H and O–H groups in total. The van der Waals surface area contributed by atoms with E-state index >= 15 is 0 Å². The summed E-state index contributed by atoms with van der Waals surface area (Å²) in [4.78, 5) is 4.32. The second kappa shape index (κ2) is 9.13. The normalized spacial score (nSPS) is 13.1. The molecule has 1 aromatic carbocycles. The third-order valence-electron chi connectivity index (χ3n) is 3.53. The molecule has 0 amide bonds. The lowest BCUT2D eigenvalue weighted by atomic mass is 10.0. The second-order valence-corrected chi connectivity index (χ2v) is 5.61. The highest BCUT2D eigenvalue weighted by atomic mass is 16.3. The average molecular weight is 296 g/mol. The van der Waals surface area contributed by atoms with Gasteiger partial charge in [0.2, 0.25) is 0 Å². The van der Waals surface area contributed by atoms with Crippen LogP contribution >= 0.6 is 0 Å². The average Bonchev–Trinajstić information content (AvgIpc) is 2.56. The van der Waals surface area contributed by atoms with Crippen LogP contribution in [0.3, 0.4) is 0 Å². The van der Waals surface area contributed by atoms with E-state index in [1.54, 1.807) is 6.20 Å². The van der Waals surface area contributed by atoms with Crippen LogP contribution in [0.5, 0.6) is 0 Å². The van der Waals surface area contributed by atoms with Crippen molar-refractivity contribution in [3.63, 3.8) is 0 Å². The number of hydrogen-bond acceptors (Lipinski definition) is 3. The number of benzene rings is 1. The van der Waals surface area contributed by atoms with Gasteiger partial charge in [-0.15, -0.1) is 0 Å². The zero-order valence-electron chi connectivity index (χ0n) is 13.1. The highest BCUT2D eigenvalue weighted by Crippen LogP contribution is 2.07. The van der Waals surface area contributed by atoms with Crippen LogP contribution in [0.15, 0.2) is 60.3 Å². The number of aliphatic hydroxyl groups is 1. The van der Waals surface area contributed by atoms with E-state index in [4.69, 9.17) is 0 Å². The standard InChI is InChI=1S/C19H24N2O/c1-16(11-17-7-3-2-4-8-17)13-20-14-18(15-22)12-19-9-5-6-10-21-19/h2-11,18,20,22H,12-15H2,1H3. The smallest absolute Gasteiger partial charge is 0.0475 e.